The molecule has 2 fully saturated rings. The van der Waals surface area contributed by atoms with Crippen molar-refractivity contribution in [1.29, 1.82) is 0 Å². The van der Waals surface area contributed by atoms with Gasteiger partial charge in [0.05, 0.1) is 0 Å². The van der Waals surface area contributed by atoms with E-state index in [0.29, 0.717) is 6.42 Å². The molecule has 0 bridgehead atoms. The zero-order chi connectivity index (χ0) is 16.5. The van der Waals surface area contributed by atoms with Crippen molar-refractivity contribution in [3.63, 3.8) is 0 Å². The largest absolute Gasteiger partial charge is 0.383 e. The Bertz CT molecular complexity index is 561. The molecule has 4 nitrogen and oxygen atoms in total. The lowest BCUT2D eigenvalue weighted by Gasteiger charge is -2.41. The Hall–Kier alpha value is -1.69. The molecule has 0 spiro atoms. The number of carbonyl (C=O) groups excluding carboxylic acids is 1. The minimum Gasteiger partial charge on any atom is -0.383 e. The molecule has 1 aromatic carbocycles. The van der Waals surface area contributed by atoms with Gasteiger partial charge in [-0.05, 0) is 43.7 Å². The predicted molar refractivity (Wildman–Crippen MR) is 83.5 cm³/mol. The summed E-state index contributed by atoms with van der Waals surface area (Å²) in [5.41, 5.74) is -1.04. The maximum atomic E-state index is 14.0. The first-order valence-corrected chi connectivity index (χ1v) is 8.11. The molecule has 0 radical (unpaired) electrons. The molecule has 1 heterocycles. The fourth-order valence-electron chi connectivity index (χ4n) is 3.26. The van der Waals surface area contributed by atoms with E-state index < -0.39 is 17.4 Å². The van der Waals surface area contributed by atoms with Crippen LogP contribution in [0.5, 0.6) is 0 Å². The summed E-state index contributed by atoms with van der Waals surface area (Å²) < 4.78 is 28.0. The van der Waals surface area contributed by atoms with Crippen molar-refractivity contribution in [2.24, 2.45) is 5.92 Å². The molecule has 6 heteroatoms. The number of hydrogen-bond acceptors (Lipinski definition) is 3. The molecule has 0 aromatic heterocycles. The van der Waals surface area contributed by atoms with Crippen LogP contribution in [0.25, 0.3) is 0 Å². The van der Waals surface area contributed by atoms with Crippen molar-refractivity contribution in [2.75, 3.05) is 24.5 Å². The van der Waals surface area contributed by atoms with Gasteiger partial charge >= 0.3 is 5.92 Å². The van der Waals surface area contributed by atoms with Crippen LogP contribution in [0.15, 0.2) is 30.3 Å². The molecule has 1 unspecified atom stereocenters. The quantitative estimate of drug-likeness (QED) is 0.873. The lowest BCUT2D eigenvalue weighted by Crippen LogP contribution is -2.61. The Morgan fingerprint density at radius 2 is 2.04 bits per heavy atom. The molecule has 1 amide bonds. The second-order valence-corrected chi connectivity index (χ2v) is 6.61. The Morgan fingerprint density at radius 3 is 2.65 bits per heavy atom. The van der Waals surface area contributed by atoms with E-state index in [4.69, 9.17) is 0 Å². The van der Waals surface area contributed by atoms with Crippen molar-refractivity contribution in [2.45, 2.75) is 37.2 Å². The molecule has 126 valence electrons. The standard InChI is InChI=1S/C17H22F2N2O2/c18-17(19,16(23)8-4-9-16)15(22)20-11-13-7-10-21(12-13)14-5-2-1-3-6-14/h1-3,5-6,13,23H,4,7-12H2,(H,20,22). The summed E-state index contributed by atoms with van der Waals surface area (Å²) in [5.74, 6) is -4.91. The fraction of sp³-hybridized carbons (Fsp3) is 0.588. The number of halogens is 2. The Kier molecular flexibility index (Phi) is 4.27. The van der Waals surface area contributed by atoms with Crippen molar-refractivity contribution < 1.29 is 18.7 Å². The van der Waals surface area contributed by atoms with Gasteiger partial charge in [0.1, 0.15) is 5.60 Å². The number of anilines is 1. The van der Waals surface area contributed by atoms with E-state index >= 15 is 0 Å². The molecule has 23 heavy (non-hydrogen) atoms. The maximum absolute atomic E-state index is 14.0. The van der Waals surface area contributed by atoms with Crippen LogP contribution < -0.4 is 10.2 Å². The van der Waals surface area contributed by atoms with Gasteiger partial charge in [0.25, 0.3) is 5.91 Å². The molecule has 2 aliphatic rings. The van der Waals surface area contributed by atoms with Gasteiger partial charge in [-0.3, -0.25) is 4.79 Å². The number of hydrogen-bond donors (Lipinski definition) is 2. The van der Waals surface area contributed by atoms with Crippen LogP contribution in [0.2, 0.25) is 0 Å². The van der Waals surface area contributed by atoms with Gasteiger partial charge in [0.15, 0.2) is 0 Å². The van der Waals surface area contributed by atoms with E-state index in [0.717, 1.165) is 25.2 Å². The van der Waals surface area contributed by atoms with Crippen LogP contribution in [-0.4, -0.2) is 42.2 Å². The average Bonchev–Trinajstić information content (AvgIpc) is 2.99. The highest BCUT2D eigenvalue weighted by Crippen LogP contribution is 2.44. The Balaban J connectivity index is 1.50. The lowest BCUT2D eigenvalue weighted by atomic mass is 9.75. The number of nitrogens with zero attached hydrogens (tertiary/aromatic N) is 1. The average molecular weight is 324 g/mol. The first-order valence-electron chi connectivity index (χ1n) is 8.11. The fourth-order valence-corrected chi connectivity index (χ4v) is 3.26. The van der Waals surface area contributed by atoms with Crippen molar-refractivity contribution >= 4 is 11.6 Å². The zero-order valence-electron chi connectivity index (χ0n) is 13.0. The van der Waals surface area contributed by atoms with Crippen LogP contribution >= 0.6 is 0 Å². The maximum Gasteiger partial charge on any atom is 0.352 e. The second kappa shape index (κ2) is 6.07. The number of benzene rings is 1. The number of para-hydroxylation sites is 1. The summed E-state index contributed by atoms with van der Waals surface area (Å²) in [7, 11) is 0. The molecule has 1 aliphatic heterocycles. The van der Waals surface area contributed by atoms with Crippen LogP contribution in [0.1, 0.15) is 25.7 Å². The molecule has 1 atom stereocenters. The third-order valence-electron chi connectivity index (χ3n) is 5.01. The molecule has 1 saturated heterocycles. The topological polar surface area (TPSA) is 52.6 Å². The Morgan fingerprint density at radius 1 is 1.35 bits per heavy atom. The third kappa shape index (κ3) is 3.04. The highest BCUT2D eigenvalue weighted by molar-refractivity contribution is 5.85. The molecule has 1 saturated carbocycles. The molecule has 1 aromatic rings. The van der Waals surface area contributed by atoms with E-state index in [9.17, 15) is 18.7 Å². The van der Waals surface area contributed by atoms with Gasteiger partial charge in [-0.15, -0.1) is 0 Å². The van der Waals surface area contributed by atoms with Crippen molar-refractivity contribution in [1.82, 2.24) is 5.32 Å². The first kappa shape index (κ1) is 16.2. The van der Waals surface area contributed by atoms with Gasteiger partial charge < -0.3 is 15.3 Å². The number of rotatable bonds is 5. The van der Waals surface area contributed by atoms with E-state index in [1.165, 1.54) is 0 Å². The van der Waals surface area contributed by atoms with Gasteiger partial charge in [-0.25, -0.2) is 0 Å². The highest BCUT2D eigenvalue weighted by Gasteiger charge is 2.61. The van der Waals surface area contributed by atoms with Gasteiger partial charge in [-0.1, -0.05) is 18.2 Å². The minimum atomic E-state index is -3.71. The summed E-state index contributed by atoms with van der Waals surface area (Å²) >= 11 is 0. The molecule has 3 rings (SSSR count). The van der Waals surface area contributed by atoms with E-state index in [-0.39, 0.29) is 25.3 Å². The normalized spacial score (nSPS) is 23.4. The second-order valence-electron chi connectivity index (χ2n) is 6.61. The Labute approximate surface area is 134 Å². The summed E-state index contributed by atoms with van der Waals surface area (Å²) in [6.07, 6.45) is 1.36. The molecular weight excluding hydrogens is 302 g/mol. The smallest absolute Gasteiger partial charge is 0.352 e. The number of aliphatic hydroxyl groups is 1. The van der Waals surface area contributed by atoms with Gasteiger partial charge in [0, 0.05) is 25.3 Å². The summed E-state index contributed by atoms with van der Waals surface area (Å²) in [5, 5.41) is 12.1. The van der Waals surface area contributed by atoms with Crippen LogP contribution in [-0.2, 0) is 4.79 Å². The number of carbonyl (C=O) groups is 1. The number of amides is 1. The summed E-state index contributed by atoms with van der Waals surface area (Å²) in [6, 6.07) is 9.90. The summed E-state index contributed by atoms with van der Waals surface area (Å²) in [4.78, 5) is 14.0. The SMILES string of the molecule is O=C(NCC1CCN(c2ccccc2)C1)C(F)(F)C1(O)CCC1. The third-order valence-corrected chi connectivity index (χ3v) is 5.01. The van der Waals surface area contributed by atoms with Crippen LogP contribution in [0, 0.1) is 5.92 Å². The highest BCUT2D eigenvalue weighted by atomic mass is 19.3. The monoisotopic (exact) mass is 324 g/mol. The minimum absolute atomic E-state index is 0.0152. The van der Waals surface area contributed by atoms with Gasteiger partial charge in [0.2, 0.25) is 0 Å². The number of alkyl halides is 2. The van der Waals surface area contributed by atoms with Crippen LogP contribution in [0.4, 0.5) is 14.5 Å². The van der Waals surface area contributed by atoms with E-state index in [2.05, 4.69) is 10.2 Å². The molecule has 2 N–H and O–H groups in total. The van der Waals surface area contributed by atoms with Crippen molar-refractivity contribution in [3.05, 3.63) is 30.3 Å². The zero-order valence-corrected chi connectivity index (χ0v) is 13.0. The predicted octanol–water partition coefficient (Wildman–Crippen LogP) is 2.18. The van der Waals surface area contributed by atoms with Crippen LogP contribution in [0.3, 0.4) is 0 Å². The lowest BCUT2D eigenvalue weighted by molar-refractivity contribution is -0.216. The summed E-state index contributed by atoms with van der Waals surface area (Å²) in [6.45, 7) is 1.80. The van der Waals surface area contributed by atoms with Gasteiger partial charge in [-0.2, -0.15) is 8.78 Å². The first-order chi connectivity index (χ1) is 10.9. The van der Waals surface area contributed by atoms with E-state index in [1.807, 2.05) is 30.3 Å². The molecular formula is C17H22F2N2O2. The van der Waals surface area contributed by atoms with Crippen molar-refractivity contribution in [3.8, 4) is 0 Å². The van der Waals surface area contributed by atoms with E-state index in [1.54, 1.807) is 0 Å². The molecule has 1 aliphatic carbocycles. The number of nitrogens with one attached hydrogen (secondary N) is 1.